The average Bonchev–Trinajstić information content (AvgIpc) is 1.63. The van der Waals surface area contributed by atoms with Gasteiger partial charge in [0, 0.05) is 13.3 Å². The fraction of sp³-hybridized carbons (Fsp3) is 0.400. The van der Waals surface area contributed by atoms with Gasteiger partial charge in [0.25, 0.3) is 0 Å². The van der Waals surface area contributed by atoms with Crippen molar-refractivity contribution in [2.24, 2.45) is 5.73 Å². The number of carbonyl (C=O) groups is 2. The summed E-state index contributed by atoms with van der Waals surface area (Å²) in [4.78, 5) is 20.2. The molecule has 0 rings (SSSR count). The van der Waals surface area contributed by atoms with Crippen LogP contribution in [0.25, 0.3) is 0 Å². The molecule has 9 heavy (non-hydrogen) atoms. The zero-order valence-corrected chi connectivity index (χ0v) is 5.18. The number of amides is 2. The Bertz CT molecular complexity index is 108. The molecule has 4 heteroatoms. The largest absolute Gasteiger partial charge is 0.370 e. The molecule has 0 spiro atoms. The van der Waals surface area contributed by atoms with E-state index in [0.717, 1.165) is 0 Å². The van der Waals surface area contributed by atoms with E-state index in [9.17, 15) is 9.59 Å². The number of nitrogens with two attached hydrogens (primary N) is 1. The Morgan fingerprint density at radius 1 is 1.67 bits per heavy atom. The second kappa shape index (κ2) is 3.88. The SMILES string of the molecule is CC(=O)N[CH]CC(N)=O. The Morgan fingerprint density at radius 2 is 2.22 bits per heavy atom. The summed E-state index contributed by atoms with van der Waals surface area (Å²) in [5.74, 6) is -0.653. The van der Waals surface area contributed by atoms with Gasteiger partial charge in [0.2, 0.25) is 11.8 Å². The van der Waals surface area contributed by atoms with Crippen LogP contribution in [0.5, 0.6) is 0 Å². The van der Waals surface area contributed by atoms with Crippen LogP contribution in [0, 0.1) is 6.54 Å². The van der Waals surface area contributed by atoms with Crippen molar-refractivity contribution in [3.8, 4) is 0 Å². The molecule has 0 unspecified atom stereocenters. The van der Waals surface area contributed by atoms with Crippen LogP contribution in [-0.2, 0) is 9.59 Å². The van der Waals surface area contributed by atoms with Crippen LogP contribution in [0.15, 0.2) is 0 Å². The van der Waals surface area contributed by atoms with E-state index in [2.05, 4.69) is 5.32 Å². The molecule has 0 saturated carbocycles. The predicted molar refractivity (Wildman–Crippen MR) is 31.9 cm³/mol. The Labute approximate surface area is 53.4 Å². The van der Waals surface area contributed by atoms with Gasteiger partial charge in [0.1, 0.15) is 0 Å². The third kappa shape index (κ3) is 6.94. The van der Waals surface area contributed by atoms with Gasteiger partial charge in [-0.2, -0.15) is 0 Å². The highest BCUT2D eigenvalue weighted by Gasteiger charge is 1.94. The minimum Gasteiger partial charge on any atom is -0.370 e. The van der Waals surface area contributed by atoms with Gasteiger partial charge in [-0.25, -0.2) is 0 Å². The summed E-state index contributed by atoms with van der Waals surface area (Å²) < 4.78 is 0. The first-order valence-corrected chi connectivity index (χ1v) is 2.50. The number of rotatable bonds is 3. The maximum absolute atomic E-state index is 10.1. The van der Waals surface area contributed by atoms with Gasteiger partial charge < -0.3 is 11.1 Å². The summed E-state index contributed by atoms with van der Waals surface area (Å²) in [5, 5.41) is 2.31. The molecule has 0 aliphatic carbocycles. The van der Waals surface area contributed by atoms with Crippen molar-refractivity contribution < 1.29 is 9.59 Å². The van der Waals surface area contributed by atoms with Crippen molar-refractivity contribution >= 4 is 11.8 Å². The van der Waals surface area contributed by atoms with Crippen LogP contribution < -0.4 is 11.1 Å². The first-order valence-electron chi connectivity index (χ1n) is 2.50. The Hall–Kier alpha value is -1.06. The van der Waals surface area contributed by atoms with Gasteiger partial charge in [-0.3, -0.25) is 9.59 Å². The fourth-order valence-electron chi connectivity index (χ4n) is 0.295. The standard InChI is InChI=1S/C5H9N2O2/c1-4(8)7-3-2-5(6)9/h3H,2H2,1H3,(H2,6,9)(H,7,8). The molecule has 4 nitrogen and oxygen atoms in total. The maximum Gasteiger partial charge on any atom is 0.219 e. The molecule has 0 saturated heterocycles. The number of primary amides is 1. The van der Waals surface area contributed by atoms with Gasteiger partial charge in [-0.1, -0.05) is 0 Å². The van der Waals surface area contributed by atoms with Crippen LogP contribution in [0.4, 0.5) is 0 Å². The molecule has 0 aromatic rings. The third-order valence-corrected chi connectivity index (χ3v) is 0.609. The van der Waals surface area contributed by atoms with Crippen LogP contribution in [0.1, 0.15) is 13.3 Å². The summed E-state index contributed by atoms with van der Waals surface area (Å²) in [6, 6.07) is 0. The summed E-state index contributed by atoms with van der Waals surface area (Å²) in [7, 11) is 0. The van der Waals surface area contributed by atoms with Gasteiger partial charge in [-0.15, -0.1) is 0 Å². The second-order valence-corrected chi connectivity index (χ2v) is 1.58. The van der Waals surface area contributed by atoms with Crippen molar-refractivity contribution in [3.05, 3.63) is 6.54 Å². The number of nitrogens with one attached hydrogen (secondary N) is 1. The van der Waals surface area contributed by atoms with Gasteiger partial charge >= 0.3 is 0 Å². The molecular formula is C5H9N2O2. The lowest BCUT2D eigenvalue weighted by Crippen LogP contribution is -2.20. The highest BCUT2D eigenvalue weighted by Crippen LogP contribution is 1.78. The Morgan fingerprint density at radius 3 is 2.56 bits per heavy atom. The second-order valence-electron chi connectivity index (χ2n) is 1.58. The number of hydrogen-bond donors (Lipinski definition) is 2. The lowest BCUT2D eigenvalue weighted by molar-refractivity contribution is -0.118. The smallest absolute Gasteiger partial charge is 0.219 e. The van der Waals surface area contributed by atoms with E-state index in [4.69, 9.17) is 5.73 Å². The summed E-state index contributed by atoms with van der Waals surface area (Å²) in [5.41, 5.74) is 4.76. The molecule has 0 fully saturated rings. The summed E-state index contributed by atoms with van der Waals surface area (Å²) in [6.07, 6.45) is 0.0829. The van der Waals surface area contributed by atoms with E-state index in [-0.39, 0.29) is 12.3 Å². The van der Waals surface area contributed by atoms with Crippen molar-refractivity contribution in [3.63, 3.8) is 0 Å². The molecule has 2 amide bonds. The van der Waals surface area contributed by atoms with Gasteiger partial charge in [-0.05, 0) is 0 Å². The molecule has 0 aliphatic rings. The van der Waals surface area contributed by atoms with E-state index in [1.54, 1.807) is 0 Å². The summed E-state index contributed by atoms with van der Waals surface area (Å²) >= 11 is 0. The minimum atomic E-state index is -0.455. The highest BCUT2D eigenvalue weighted by atomic mass is 16.2. The lowest BCUT2D eigenvalue weighted by Gasteiger charge is -1.95. The molecule has 51 valence electrons. The molecule has 0 aromatic heterocycles. The molecule has 0 heterocycles. The van der Waals surface area contributed by atoms with E-state index >= 15 is 0 Å². The van der Waals surface area contributed by atoms with Gasteiger partial charge in [0.15, 0.2) is 0 Å². The zero-order chi connectivity index (χ0) is 7.28. The van der Waals surface area contributed by atoms with E-state index in [1.165, 1.54) is 13.5 Å². The monoisotopic (exact) mass is 129 g/mol. The molecular weight excluding hydrogens is 120 g/mol. The number of carbonyl (C=O) groups excluding carboxylic acids is 2. The quantitative estimate of drug-likeness (QED) is 0.521. The Balaban J connectivity index is 3.10. The topological polar surface area (TPSA) is 72.2 Å². The molecule has 0 aromatic carbocycles. The van der Waals surface area contributed by atoms with Crippen LogP contribution in [0.3, 0.4) is 0 Å². The van der Waals surface area contributed by atoms with Crippen LogP contribution >= 0.6 is 0 Å². The van der Waals surface area contributed by atoms with Crippen molar-refractivity contribution in [1.82, 2.24) is 5.32 Å². The molecule has 0 bridgehead atoms. The molecule has 0 atom stereocenters. The first-order chi connectivity index (χ1) is 4.13. The van der Waals surface area contributed by atoms with E-state index < -0.39 is 5.91 Å². The minimum absolute atomic E-state index is 0.0829. The lowest BCUT2D eigenvalue weighted by atomic mass is 10.4. The zero-order valence-electron chi connectivity index (χ0n) is 5.18. The van der Waals surface area contributed by atoms with Crippen molar-refractivity contribution in [2.45, 2.75) is 13.3 Å². The van der Waals surface area contributed by atoms with Crippen molar-refractivity contribution in [2.75, 3.05) is 0 Å². The fourth-order valence-corrected chi connectivity index (χ4v) is 0.295. The molecule has 0 aliphatic heterocycles. The van der Waals surface area contributed by atoms with Gasteiger partial charge in [0.05, 0.1) is 6.54 Å². The maximum atomic E-state index is 10.1. The third-order valence-electron chi connectivity index (χ3n) is 0.609. The van der Waals surface area contributed by atoms with Crippen molar-refractivity contribution in [1.29, 1.82) is 0 Å². The predicted octanol–water partition coefficient (Wildman–Crippen LogP) is -0.840. The van der Waals surface area contributed by atoms with E-state index in [0.29, 0.717) is 0 Å². The molecule has 3 N–H and O–H groups in total. The van der Waals surface area contributed by atoms with E-state index in [1.807, 2.05) is 0 Å². The normalized spacial score (nSPS) is 8.56. The average molecular weight is 129 g/mol. The van der Waals surface area contributed by atoms with Crippen LogP contribution in [-0.4, -0.2) is 11.8 Å². The Kier molecular flexibility index (Phi) is 3.43. The highest BCUT2D eigenvalue weighted by molar-refractivity contribution is 5.77. The van der Waals surface area contributed by atoms with Crippen LogP contribution in [0.2, 0.25) is 0 Å². The molecule has 1 radical (unpaired) electrons. The summed E-state index contributed by atoms with van der Waals surface area (Å²) in [6.45, 7) is 2.68. The number of hydrogen-bond acceptors (Lipinski definition) is 2. The first kappa shape index (κ1) is 7.94.